The van der Waals surface area contributed by atoms with Gasteiger partial charge in [-0.2, -0.15) is 0 Å². The molecule has 2 aromatic carbocycles. The van der Waals surface area contributed by atoms with Crippen LogP contribution in [-0.2, 0) is 27.6 Å². The first-order chi connectivity index (χ1) is 17.7. The topological polar surface area (TPSA) is 131 Å². The molecule has 0 unspecified atom stereocenters. The Balaban J connectivity index is 1.51. The number of hydrogen-bond donors (Lipinski definition) is 3. The first-order valence-electron chi connectivity index (χ1n) is 11.5. The van der Waals surface area contributed by atoms with E-state index in [-0.39, 0.29) is 28.3 Å². The second kappa shape index (κ2) is 11.3. The molecule has 0 saturated carbocycles. The van der Waals surface area contributed by atoms with Crippen molar-refractivity contribution < 1.29 is 27.5 Å². The van der Waals surface area contributed by atoms with Crippen molar-refractivity contribution in [1.29, 1.82) is 0 Å². The molecular formula is C25H24ClN3O6S2. The maximum absolute atomic E-state index is 13.0. The van der Waals surface area contributed by atoms with E-state index in [1.165, 1.54) is 59.9 Å². The van der Waals surface area contributed by atoms with Crippen LogP contribution in [0.3, 0.4) is 0 Å². The average Bonchev–Trinajstić information content (AvgIpc) is 3.22. The van der Waals surface area contributed by atoms with Gasteiger partial charge in [-0.1, -0.05) is 11.6 Å². The van der Waals surface area contributed by atoms with E-state index in [0.29, 0.717) is 16.4 Å². The molecule has 0 radical (unpaired) electrons. The summed E-state index contributed by atoms with van der Waals surface area (Å²) in [6.45, 7) is 1.76. The number of alkyl carbamates (subject to hydrolysis) is 1. The zero-order valence-corrected chi connectivity index (χ0v) is 22.2. The molecule has 1 aliphatic rings. The monoisotopic (exact) mass is 561 g/mol. The summed E-state index contributed by atoms with van der Waals surface area (Å²) in [5.41, 5.74) is 1.64. The summed E-state index contributed by atoms with van der Waals surface area (Å²) < 4.78 is 32.4. The SMILES string of the molecule is CCOC(=O)NC(=O)c1c(NC(=O)c2ccc(NS(=O)(=O)c3ccc(Cl)cc3)cc2)sc2c1CCCC2. The minimum atomic E-state index is -3.83. The van der Waals surface area contributed by atoms with Crippen LogP contribution in [0.4, 0.5) is 15.5 Å². The first kappa shape index (κ1) is 26.6. The van der Waals surface area contributed by atoms with Gasteiger partial charge in [-0.05, 0) is 86.7 Å². The van der Waals surface area contributed by atoms with E-state index >= 15 is 0 Å². The number of thiophene rings is 1. The molecule has 1 aromatic heterocycles. The van der Waals surface area contributed by atoms with Gasteiger partial charge >= 0.3 is 6.09 Å². The Morgan fingerprint density at radius 1 is 0.973 bits per heavy atom. The van der Waals surface area contributed by atoms with Gasteiger partial charge in [0, 0.05) is 21.2 Å². The number of sulfonamides is 1. The quantitative estimate of drug-likeness (QED) is 0.362. The normalized spacial score (nSPS) is 12.8. The molecule has 3 amide bonds. The van der Waals surface area contributed by atoms with Crippen LogP contribution in [0.2, 0.25) is 5.02 Å². The van der Waals surface area contributed by atoms with E-state index in [4.69, 9.17) is 16.3 Å². The number of amides is 3. The summed E-state index contributed by atoms with van der Waals surface area (Å²) in [4.78, 5) is 38.8. The Morgan fingerprint density at radius 2 is 1.65 bits per heavy atom. The van der Waals surface area contributed by atoms with Crippen molar-refractivity contribution in [1.82, 2.24) is 5.32 Å². The number of ether oxygens (including phenoxy) is 1. The van der Waals surface area contributed by atoms with Crippen LogP contribution >= 0.6 is 22.9 Å². The Labute approximate surface area is 223 Å². The summed E-state index contributed by atoms with van der Waals surface area (Å²) in [5.74, 6) is -1.10. The Hall–Kier alpha value is -3.41. The van der Waals surface area contributed by atoms with Gasteiger partial charge in [-0.25, -0.2) is 13.2 Å². The minimum absolute atomic E-state index is 0.0500. The molecule has 0 spiro atoms. The highest BCUT2D eigenvalue weighted by atomic mass is 35.5. The molecule has 1 aliphatic carbocycles. The predicted octanol–water partition coefficient (Wildman–Crippen LogP) is 5.22. The summed E-state index contributed by atoms with van der Waals surface area (Å²) in [6.07, 6.45) is 2.50. The smallest absolute Gasteiger partial charge is 0.414 e. The number of fused-ring (bicyclic) bond motifs is 1. The van der Waals surface area contributed by atoms with Gasteiger partial charge in [0.05, 0.1) is 17.1 Å². The lowest BCUT2D eigenvalue weighted by atomic mass is 9.95. The molecule has 0 atom stereocenters. The van der Waals surface area contributed by atoms with Crippen molar-refractivity contribution in [2.45, 2.75) is 37.5 Å². The maximum Gasteiger partial charge on any atom is 0.414 e. The summed E-state index contributed by atoms with van der Waals surface area (Å²) >= 11 is 7.14. The van der Waals surface area contributed by atoms with Gasteiger partial charge in [0.1, 0.15) is 5.00 Å². The maximum atomic E-state index is 13.0. The highest BCUT2D eigenvalue weighted by molar-refractivity contribution is 7.92. The Bertz CT molecular complexity index is 1430. The van der Waals surface area contributed by atoms with Crippen LogP contribution in [0.5, 0.6) is 0 Å². The number of carbonyl (C=O) groups is 3. The number of imide groups is 1. The fourth-order valence-electron chi connectivity index (χ4n) is 3.91. The van der Waals surface area contributed by atoms with E-state index in [0.717, 1.165) is 29.7 Å². The van der Waals surface area contributed by atoms with Crippen molar-refractivity contribution in [3.8, 4) is 0 Å². The van der Waals surface area contributed by atoms with Crippen LogP contribution in [-0.4, -0.2) is 32.9 Å². The molecular weight excluding hydrogens is 538 g/mol. The molecule has 9 nitrogen and oxygen atoms in total. The van der Waals surface area contributed by atoms with Crippen LogP contribution in [0.15, 0.2) is 53.4 Å². The third kappa shape index (κ3) is 6.30. The molecule has 3 aromatic rings. The second-order valence-electron chi connectivity index (χ2n) is 8.18. The van der Waals surface area contributed by atoms with Crippen molar-refractivity contribution in [2.75, 3.05) is 16.6 Å². The molecule has 0 bridgehead atoms. The summed E-state index contributed by atoms with van der Waals surface area (Å²) in [5, 5.41) is 5.77. The van der Waals surface area contributed by atoms with Crippen LogP contribution in [0.1, 0.15) is 50.9 Å². The van der Waals surface area contributed by atoms with Crippen molar-refractivity contribution in [2.24, 2.45) is 0 Å². The lowest BCUT2D eigenvalue weighted by molar-refractivity contribution is 0.0925. The van der Waals surface area contributed by atoms with Crippen molar-refractivity contribution in [3.63, 3.8) is 0 Å². The highest BCUT2D eigenvalue weighted by Crippen LogP contribution is 2.38. The lowest BCUT2D eigenvalue weighted by Crippen LogP contribution is -2.32. The average molecular weight is 562 g/mol. The van der Waals surface area contributed by atoms with Gasteiger partial charge in [0.15, 0.2) is 0 Å². The molecule has 194 valence electrons. The van der Waals surface area contributed by atoms with Gasteiger partial charge in [0.2, 0.25) is 0 Å². The number of halogens is 1. The number of rotatable bonds is 7. The third-order valence-electron chi connectivity index (χ3n) is 5.64. The Morgan fingerprint density at radius 3 is 2.32 bits per heavy atom. The van der Waals surface area contributed by atoms with Crippen LogP contribution in [0.25, 0.3) is 0 Å². The lowest BCUT2D eigenvalue weighted by Gasteiger charge is -2.13. The van der Waals surface area contributed by atoms with Crippen molar-refractivity contribution in [3.05, 3.63) is 75.1 Å². The minimum Gasteiger partial charge on any atom is -0.450 e. The number of hydrogen-bond acceptors (Lipinski definition) is 7. The third-order valence-corrected chi connectivity index (χ3v) is 8.50. The second-order valence-corrected chi connectivity index (χ2v) is 11.4. The van der Waals surface area contributed by atoms with E-state index < -0.39 is 27.9 Å². The molecule has 3 N–H and O–H groups in total. The van der Waals surface area contributed by atoms with E-state index in [1.807, 2.05) is 0 Å². The van der Waals surface area contributed by atoms with E-state index in [9.17, 15) is 22.8 Å². The summed E-state index contributed by atoms with van der Waals surface area (Å²) in [7, 11) is -3.83. The van der Waals surface area contributed by atoms with E-state index in [2.05, 4.69) is 15.4 Å². The molecule has 4 rings (SSSR count). The molecule has 0 saturated heterocycles. The number of aryl methyl sites for hydroxylation is 1. The van der Waals surface area contributed by atoms with Gasteiger partial charge in [-0.15, -0.1) is 11.3 Å². The molecule has 0 fully saturated rings. The summed E-state index contributed by atoms with van der Waals surface area (Å²) in [6, 6.07) is 11.6. The predicted molar refractivity (Wildman–Crippen MR) is 142 cm³/mol. The van der Waals surface area contributed by atoms with Crippen LogP contribution in [0, 0.1) is 0 Å². The number of benzene rings is 2. The largest absolute Gasteiger partial charge is 0.450 e. The van der Waals surface area contributed by atoms with Crippen LogP contribution < -0.4 is 15.4 Å². The fraction of sp³-hybridized carbons (Fsp3) is 0.240. The molecule has 1 heterocycles. The zero-order valence-electron chi connectivity index (χ0n) is 19.8. The van der Waals surface area contributed by atoms with E-state index in [1.54, 1.807) is 6.92 Å². The Kier molecular flexibility index (Phi) is 8.16. The molecule has 12 heteroatoms. The number of nitrogens with one attached hydrogen (secondary N) is 3. The fourth-order valence-corrected chi connectivity index (χ4v) is 6.38. The first-order valence-corrected chi connectivity index (χ1v) is 14.2. The molecule has 37 heavy (non-hydrogen) atoms. The number of anilines is 2. The van der Waals surface area contributed by atoms with Gasteiger partial charge in [0.25, 0.3) is 21.8 Å². The highest BCUT2D eigenvalue weighted by Gasteiger charge is 2.28. The van der Waals surface area contributed by atoms with Gasteiger partial charge in [-0.3, -0.25) is 19.6 Å². The molecule has 0 aliphatic heterocycles. The van der Waals surface area contributed by atoms with Crippen molar-refractivity contribution >= 4 is 61.6 Å². The standard InChI is InChI=1S/C25H24ClN3O6S2/c1-2-35-25(32)28-23(31)21-19-5-3-4-6-20(19)36-24(21)27-22(30)15-7-11-17(12-8-15)29-37(33,34)18-13-9-16(26)10-14-18/h7-14,29H,2-6H2,1H3,(H,27,30)(H,28,31,32). The zero-order chi connectivity index (χ0) is 26.6. The number of carbonyl (C=O) groups excluding carboxylic acids is 3. The van der Waals surface area contributed by atoms with Gasteiger partial charge < -0.3 is 10.1 Å².